The third-order valence-electron chi connectivity index (χ3n) is 4.66. The van der Waals surface area contributed by atoms with E-state index in [0.29, 0.717) is 25.1 Å². The molecule has 3 aromatic rings. The van der Waals surface area contributed by atoms with Crippen LogP contribution in [0, 0.1) is 0 Å². The Morgan fingerprint density at radius 2 is 2.08 bits per heavy atom. The highest BCUT2D eigenvalue weighted by molar-refractivity contribution is 5.85. The number of nitrogens with one attached hydrogen (secondary N) is 1. The maximum absolute atomic E-state index is 12.6. The van der Waals surface area contributed by atoms with Crippen LogP contribution in [0.1, 0.15) is 17.7 Å². The van der Waals surface area contributed by atoms with Crippen LogP contribution in [-0.4, -0.2) is 44.4 Å². The summed E-state index contributed by atoms with van der Waals surface area (Å²) in [6, 6.07) is 14.2. The summed E-state index contributed by atoms with van der Waals surface area (Å²) in [5.41, 5.74) is 0.366. The number of hydrogen-bond acceptors (Lipinski definition) is 4. The Hall–Kier alpha value is -2.73. The average Bonchev–Trinajstić information content (AvgIpc) is 3.25. The van der Waals surface area contributed by atoms with Gasteiger partial charge in [-0.25, -0.2) is 0 Å². The first-order valence-electron chi connectivity index (χ1n) is 7.98. The number of fused-ring (bicyclic) bond motifs is 1. The molecule has 0 spiro atoms. The maximum atomic E-state index is 12.6. The molecule has 122 valence electrons. The zero-order valence-corrected chi connectivity index (χ0v) is 13.1. The van der Waals surface area contributed by atoms with Crippen molar-refractivity contribution in [3.05, 3.63) is 59.9 Å². The van der Waals surface area contributed by atoms with Crippen LogP contribution < -0.4 is 0 Å². The molecule has 0 unspecified atom stereocenters. The van der Waals surface area contributed by atoms with E-state index in [1.165, 1.54) is 6.20 Å². The number of rotatable bonds is 3. The summed E-state index contributed by atoms with van der Waals surface area (Å²) >= 11 is 0. The van der Waals surface area contributed by atoms with Crippen LogP contribution in [0.25, 0.3) is 10.8 Å². The Morgan fingerprint density at radius 3 is 2.88 bits per heavy atom. The van der Waals surface area contributed by atoms with E-state index in [-0.39, 0.29) is 12.5 Å². The number of aliphatic hydroxyl groups is 1. The van der Waals surface area contributed by atoms with Crippen molar-refractivity contribution in [3.8, 4) is 0 Å². The molecule has 2 heterocycles. The van der Waals surface area contributed by atoms with E-state index in [1.807, 2.05) is 36.4 Å². The molecule has 0 aliphatic carbocycles. The number of H-pyrrole nitrogens is 1. The molecular weight excluding hydrogens is 304 g/mol. The molecule has 0 saturated carbocycles. The molecule has 2 aromatic carbocycles. The molecule has 0 radical (unpaired) electrons. The first-order chi connectivity index (χ1) is 11.6. The van der Waals surface area contributed by atoms with Gasteiger partial charge in [-0.3, -0.25) is 4.79 Å². The number of aromatic amines is 1. The number of hydrogen-bond donors (Lipinski definition) is 2. The highest BCUT2D eigenvalue weighted by atomic mass is 16.3. The lowest BCUT2D eigenvalue weighted by atomic mass is 10.00. The van der Waals surface area contributed by atoms with Crippen molar-refractivity contribution in [1.82, 2.24) is 20.3 Å². The smallest absolute Gasteiger partial charge is 0.227 e. The Bertz CT molecular complexity index is 878. The van der Waals surface area contributed by atoms with E-state index in [1.54, 1.807) is 4.90 Å². The molecule has 0 bridgehead atoms. The average molecular weight is 322 g/mol. The zero-order chi connectivity index (χ0) is 16.6. The van der Waals surface area contributed by atoms with Crippen LogP contribution in [0.15, 0.2) is 48.7 Å². The van der Waals surface area contributed by atoms with Crippen molar-refractivity contribution < 1.29 is 9.90 Å². The minimum absolute atomic E-state index is 0.0182. The summed E-state index contributed by atoms with van der Waals surface area (Å²) in [4.78, 5) is 14.3. The molecule has 4 rings (SSSR count). The van der Waals surface area contributed by atoms with Gasteiger partial charge in [-0.2, -0.15) is 15.4 Å². The molecule has 1 aliphatic heterocycles. The van der Waals surface area contributed by atoms with Gasteiger partial charge in [0.2, 0.25) is 5.91 Å². The number of benzene rings is 2. The molecule has 6 nitrogen and oxygen atoms in total. The SMILES string of the molecule is O=C(Cc1ccc2ccccc2c1)N1CC[C@@](O)(c2cn[nH]n2)C1. The number of β-amino-alcohol motifs (C(OH)–C–C–N with tert-alkyl or cyclic N) is 1. The number of carbonyl (C=O) groups excluding carboxylic acids is 1. The predicted molar refractivity (Wildman–Crippen MR) is 89.1 cm³/mol. The van der Waals surface area contributed by atoms with Gasteiger partial charge in [-0.15, -0.1) is 0 Å². The topological polar surface area (TPSA) is 82.1 Å². The minimum atomic E-state index is -1.11. The van der Waals surface area contributed by atoms with Gasteiger partial charge < -0.3 is 10.0 Å². The number of likely N-dealkylation sites (tertiary alicyclic amines) is 1. The van der Waals surface area contributed by atoms with Gasteiger partial charge in [0.1, 0.15) is 11.3 Å². The summed E-state index contributed by atoms with van der Waals surface area (Å²) in [6.45, 7) is 0.779. The Balaban J connectivity index is 1.48. The number of nitrogens with zero attached hydrogens (tertiary/aromatic N) is 3. The van der Waals surface area contributed by atoms with Gasteiger partial charge in [0.25, 0.3) is 0 Å². The minimum Gasteiger partial charge on any atom is -0.381 e. The second-order valence-corrected chi connectivity index (χ2v) is 6.31. The van der Waals surface area contributed by atoms with E-state index in [2.05, 4.69) is 21.5 Å². The quantitative estimate of drug-likeness (QED) is 0.768. The summed E-state index contributed by atoms with van der Waals surface area (Å²) in [7, 11) is 0. The van der Waals surface area contributed by atoms with Crippen LogP contribution in [0.2, 0.25) is 0 Å². The maximum Gasteiger partial charge on any atom is 0.227 e. The first-order valence-corrected chi connectivity index (χ1v) is 7.98. The van der Waals surface area contributed by atoms with E-state index >= 15 is 0 Å². The fraction of sp³-hybridized carbons (Fsp3) is 0.278. The van der Waals surface area contributed by atoms with Gasteiger partial charge in [0, 0.05) is 13.0 Å². The van der Waals surface area contributed by atoms with Gasteiger partial charge >= 0.3 is 0 Å². The first kappa shape index (κ1) is 14.8. The summed E-state index contributed by atoms with van der Waals surface area (Å²) in [6.07, 6.45) is 2.32. The molecule has 24 heavy (non-hydrogen) atoms. The van der Waals surface area contributed by atoms with Gasteiger partial charge in [-0.1, -0.05) is 42.5 Å². The van der Waals surface area contributed by atoms with Crippen LogP contribution in [0.3, 0.4) is 0 Å². The Labute approximate surface area is 139 Å². The molecule has 1 saturated heterocycles. The Morgan fingerprint density at radius 1 is 1.25 bits per heavy atom. The third-order valence-corrected chi connectivity index (χ3v) is 4.66. The largest absolute Gasteiger partial charge is 0.381 e. The normalized spacial score (nSPS) is 20.6. The van der Waals surface area contributed by atoms with Crippen molar-refractivity contribution in [2.24, 2.45) is 0 Å². The van der Waals surface area contributed by atoms with Crippen molar-refractivity contribution in [2.45, 2.75) is 18.4 Å². The van der Waals surface area contributed by atoms with Crippen LogP contribution in [-0.2, 0) is 16.8 Å². The highest BCUT2D eigenvalue weighted by Gasteiger charge is 2.41. The van der Waals surface area contributed by atoms with Crippen LogP contribution in [0.4, 0.5) is 0 Å². The van der Waals surface area contributed by atoms with Crippen molar-refractivity contribution in [3.63, 3.8) is 0 Å². The van der Waals surface area contributed by atoms with E-state index in [4.69, 9.17) is 0 Å². The molecule has 2 N–H and O–H groups in total. The zero-order valence-electron chi connectivity index (χ0n) is 13.1. The monoisotopic (exact) mass is 322 g/mol. The van der Waals surface area contributed by atoms with Gasteiger partial charge in [-0.05, 0) is 16.3 Å². The summed E-state index contributed by atoms with van der Waals surface area (Å²) in [5.74, 6) is 0.0182. The standard InChI is InChI=1S/C18H18N4O2/c23-17(10-13-5-6-14-3-1-2-4-15(14)9-13)22-8-7-18(24,12-22)16-11-19-21-20-16/h1-6,9,11,24H,7-8,10,12H2,(H,19,20,21)/t18-/m0/s1. The van der Waals surface area contributed by atoms with Crippen molar-refractivity contribution in [1.29, 1.82) is 0 Å². The lowest BCUT2D eigenvalue weighted by Crippen LogP contribution is -2.35. The number of carbonyl (C=O) groups is 1. The van der Waals surface area contributed by atoms with E-state index < -0.39 is 5.60 Å². The van der Waals surface area contributed by atoms with Crippen molar-refractivity contribution >= 4 is 16.7 Å². The summed E-state index contributed by atoms with van der Waals surface area (Å²) in [5, 5.41) is 23.2. The molecule has 1 fully saturated rings. The Kier molecular flexibility index (Phi) is 3.54. The number of amides is 1. The fourth-order valence-corrected chi connectivity index (χ4v) is 3.28. The second-order valence-electron chi connectivity index (χ2n) is 6.31. The molecule has 1 aromatic heterocycles. The second kappa shape index (κ2) is 5.72. The number of aromatic nitrogens is 3. The lowest BCUT2D eigenvalue weighted by molar-refractivity contribution is -0.130. The molecule has 1 amide bonds. The third kappa shape index (κ3) is 2.65. The molecule has 6 heteroatoms. The van der Waals surface area contributed by atoms with E-state index in [0.717, 1.165) is 16.3 Å². The summed E-state index contributed by atoms with van der Waals surface area (Å²) < 4.78 is 0. The van der Waals surface area contributed by atoms with E-state index in [9.17, 15) is 9.90 Å². The lowest BCUT2D eigenvalue weighted by Gasteiger charge is -2.21. The van der Waals surface area contributed by atoms with Crippen LogP contribution in [0.5, 0.6) is 0 Å². The highest BCUT2D eigenvalue weighted by Crippen LogP contribution is 2.30. The van der Waals surface area contributed by atoms with Gasteiger partial charge in [0.15, 0.2) is 0 Å². The van der Waals surface area contributed by atoms with Gasteiger partial charge in [0.05, 0.1) is 19.2 Å². The molecule has 1 aliphatic rings. The predicted octanol–water partition coefficient (Wildman–Crippen LogP) is 1.62. The fourth-order valence-electron chi connectivity index (χ4n) is 3.28. The van der Waals surface area contributed by atoms with Crippen LogP contribution >= 0.6 is 0 Å². The molecular formula is C18H18N4O2. The van der Waals surface area contributed by atoms with Crippen molar-refractivity contribution in [2.75, 3.05) is 13.1 Å². The molecule has 1 atom stereocenters.